The Bertz CT molecular complexity index is 941. The fourth-order valence-corrected chi connectivity index (χ4v) is 3.27. The first-order chi connectivity index (χ1) is 14.0. The van der Waals surface area contributed by atoms with E-state index in [1.165, 1.54) is 21.3 Å². The van der Waals surface area contributed by atoms with E-state index in [9.17, 15) is 4.79 Å². The third-order valence-electron chi connectivity index (χ3n) is 5.13. The maximum atomic E-state index is 13.1. The summed E-state index contributed by atoms with van der Waals surface area (Å²) in [5.41, 5.74) is 2.24. The molecule has 0 radical (unpaired) electrons. The molecule has 2 atom stereocenters. The van der Waals surface area contributed by atoms with E-state index < -0.39 is 0 Å². The summed E-state index contributed by atoms with van der Waals surface area (Å²) in [6, 6.07) is 10.8. The summed E-state index contributed by atoms with van der Waals surface area (Å²) < 4.78 is 16.1. The molecule has 154 valence electrons. The minimum absolute atomic E-state index is 0.182. The SMILES string of the molecule is CC[C@H](C)[C@H](NC(=O)c1cc(OC)c(OC)c(OC)c1)c1nc2ccccc2[nH]1. The zero-order valence-corrected chi connectivity index (χ0v) is 17.4. The maximum absolute atomic E-state index is 13.1. The van der Waals surface area contributed by atoms with Crippen LogP contribution in [-0.4, -0.2) is 37.2 Å². The van der Waals surface area contributed by atoms with E-state index in [-0.39, 0.29) is 17.9 Å². The van der Waals surface area contributed by atoms with Gasteiger partial charge in [-0.05, 0) is 30.2 Å². The van der Waals surface area contributed by atoms with Crippen LogP contribution in [-0.2, 0) is 0 Å². The molecule has 29 heavy (non-hydrogen) atoms. The third kappa shape index (κ3) is 4.13. The third-order valence-corrected chi connectivity index (χ3v) is 5.13. The summed E-state index contributed by atoms with van der Waals surface area (Å²) >= 11 is 0. The number of carbonyl (C=O) groups excluding carboxylic acids is 1. The molecule has 0 bridgehead atoms. The Morgan fingerprint density at radius 1 is 1.10 bits per heavy atom. The molecule has 1 amide bonds. The number of rotatable bonds is 8. The Morgan fingerprint density at radius 2 is 1.76 bits per heavy atom. The number of fused-ring (bicyclic) bond motifs is 1. The van der Waals surface area contributed by atoms with Gasteiger partial charge >= 0.3 is 0 Å². The molecule has 2 N–H and O–H groups in total. The van der Waals surface area contributed by atoms with Gasteiger partial charge in [0, 0.05) is 5.56 Å². The summed E-state index contributed by atoms with van der Waals surface area (Å²) in [7, 11) is 4.57. The molecule has 1 heterocycles. The number of aromatic nitrogens is 2. The number of nitrogens with one attached hydrogen (secondary N) is 2. The Hall–Kier alpha value is -3.22. The summed E-state index contributed by atoms with van der Waals surface area (Å²) in [4.78, 5) is 21.1. The molecule has 7 nitrogen and oxygen atoms in total. The van der Waals surface area contributed by atoms with E-state index in [0.29, 0.717) is 22.8 Å². The fourth-order valence-electron chi connectivity index (χ4n) is 3.27. The number of hydrogen-bond donors (Lipinski definition) is 2. The second-order valence-corrected chi connectivity index (χ2v) is 6.89. The summed E-state index contributed by atoms with van der Waals surface area (Å²) in [5, 5.41) is 3.12. The van der Waals surface area contributed by atoms with Crippen LogP contribution in [0.5, 0.6) is 17.2 Å². The summed E-state index contributed by atoms with van der Waals surface area (Å²) in [6.07, 6.45) is 0.886. The van der Waals surface area contributed by atoms with E-state index in [0.717, 1.165) is 23.3 Å². The lowest BCUT2D eigenvalue weighted by molar-refractivity contribution is 0.0919. The van der Waals surface area contributed by atoms with Gasteiger partial charge in [0.2, 0.25) is 5.75 Å². The van der Waals surface area contributed by atoms with Crippen LogP contribution in [0.2, 0.25) is 0 Å². The Balaban J connectivity index is 1.95. The van der Waals surface area contributed by atoms with Crippen molar-refractivity contribution in [3.8, 4) is 17.2 Å². The van der Waals surface area contributed by atoms with Crippen molar-refractivity contribution in [1.82, 2.24) is 15.3 Å². The van der Waals surface area contributed by atoms with Gasteiger partial charge in [0.25, 0.3) is 5.91 Å². The lowest BCUT2D eigenvalue weighted by atomic mass is 9.98. The van der Waals surface area contributed by atoms with Gasteiger partial charge < -0.3 is 24.5 Å². The number of ether oxygens (including phenoxy) is 3. The van der Waals surface area contributed by atoms with Crippen LogP contribution in [0.1, 0.15) is 42.5 Å². The monoisotopic (exact) mass is 397 g/mol. The van der Waals surface area contributed by atoms with Crippen molar-refractivity contribution >= 4 is 16.9 Å². The van der Waals surface area contributed by atoms with Gasteiger partial charge in [-0.25, -0.2) is 4.98 Å². The van der Waals surface area contributed by atoms with Crippen LogP contribution in [0.25, 0.3) is 11.0 Å². The van der Waals surface area contributed by atoms with Crippen molar-refractivity contribution in [2.45, 2.75) is 26.3 Å². The van der Waals surface area contributed by atoms with E-state index in [1.807, 2.05) is 24.3 Å². The summed E-state index contributed by atoms with van der Waals surface area (Å²) in [6.45, 7) is 4.18. The Morgan fingerprint density at radius 3 is 2.31 bits per heavy atom. The number of aromatic amines is 1. The molecule has 0 saturated carbocycles. The zero-order chi connectivity index (χ0) is 21.0. The molecule has 0 aliphatic carbocycles. The van der Waals surface area contributed by atoms with Crippen LogP contribution in [0.3, 0.4) is 0 Å². The van der Waals surface area contributed by atoms with Crippen molar-refractivity contribution in [2.75, 3.05) is 21.3 Å². The molecule has 1 aromatic heterocycles. The van der Waals surface area contributed by atoms with E-state index in [1.54, 1.807) is 12.1 Å². The molecule has 7 heteroatoms. The number of carbonyl (C=O) groups is 1. The van der Waals surface area contributed by atoms with Gasteiger partial charge in [-0.15, -0.1) is 0 Å². The van der Waals surface area contributed by atoms with Crippen molar-refractivity contribution < 1.29 is 19.0 Å². The van der Waals surface area contributed by atoms with Gasteiger partial charge in [0.05, 0.1) is 38.4 Å². The molecule has 3 aromatic rings. The predicted octanol–water partition coefficient (Wildman–Crippen LogP) is 4.11. The molecule has 0 aliphatic heterocycles. The van der Waals surface area contributed by atoms with Gasteiger partial charge in [-0.2, -0.15) is 0 Å². The Kier molecular flexibility index (Phi) is 6.26. The molecule has 0 fully saturated rings. The number of methoxy groups -OCH3 is 3. The van der Waals surface area contributed by atoms with Crippen LogP contribution in [0.4, 0.5) is 0 Å². The fraction of sp³-hybridized carbons (Fsp3) is 0.364. The minimum atomic E-state index is -0.265. The maximum Gasteiger partial charge on any atom is 0.252 e. The molecular formula is C22H27N3O4. The average molecular weight is 397 g/mol. The lowest BCUT2D eigenvalue weighted by Crippen LogP contribution is -2.33. The normalized spacial score (nSPS) is 13.0. The highest BCUT2D eigenvalue weighted by atomic mass is 16.5. The zero-order valence-electron chi connectivity index (χ0n) is 17.4. The van der Waals surface area contributed by atoms with Crippen molar-refractivity contribution in [1.29, 1.82) is 0 Å². The van der Waals surface area contributed by atoms with Crippen LogP contribution < -0.4 is 19.5 Å². The number of H-pyrrole nitrogens is 1. The molecule has 0 aliphatic rings. The topological polar surface area (TPSA) is 85.5 Å². The molecule has 0 unspecified atom stereocenters. The highest BCUT2D eigenvalue weighted by Gasteiger charge is 2.25. The van der Waals surface area contributed by atoms with E-state index in [2.05, 4.69) is 29.1 Å². The lowest BCUT2D eigenvalue weighted by Gasteiger charge is -2.23. The number of para-hydroxylation sites is 2. The average Bonchev–Trinajstić information content (AvgIpc) is 3.19. The predicted molar refractivity (Wildman–Crippen MR) is 112 cm³/mol. The number of benzene rings is 2. The quantitative estimate of drug-likeness (QED) is 0.598. The second kappa shape index (κ2) is 8.86. The highest BCUT2D eigenvalue weighted by Crippen LogP contribution is 2.38. The van der Waals surface area contributed by atoms with Crippen molar-refractivity contribution in [3.05, 3.63) is 47.8 Å². The first-order valence-electron chi connectivity index (χ1n) is 9.57. The van der Waals surface area contributed by atoms with Crippen LogP contribution in [0, 0.1) is 5.92 Å². The number of amides is 1. The Labute approximate surface area is 170 Å². The van der Waals surface area contributed by atoms with Gasteiger partial charge in [-0.3, -0.25) is 4.79 Å². The van der Waals surface area contributed by atoms with Crippen LogP contribution in [0.15, 0.2) is 36.4 Å². The number of nitrogens with zero attached hydrogens (tertiary/aromatic N) is 1. The van der Waals surface area contributed by atoms with E-state index >= 15 is 0 Å². The van der Waals surface area contributed by atoms with Gasteiger partial charge in [0.1, 0.15) is 5.82 Å². The van der Waals surface area contributed by atoms with Gasteiger partial charge in [-0.1, -0.05) is 32.4 Å². The summed E-state index contributed by atoms with van der Waals surface area (Å²) in [5.74, 6) is 1.99. The van der Waals surface area contributed by atoms with Crippen LogP contribution >= 0.6 is 0 Å². The minimum Gasteiger partial charge on any atom is -0.493 e. The largest absolute Gasteiger partial charge is 0.493 e. The molecule has 2 aromatic carbocycles. The van der Waals surface area contributed by atoms with Crippen molar-refractivity contribution in [3.63, 3.8) is 0 Å². The molecular weight excluding hydrogens is 370 g/mol. The number of hydrogen-bond acceptors (Lipinski definition) is 5. The molecule has 0 spiro atoms. The first-order valence-corrected chi connectivity index (χ1v) is 9.57. The second-order valence-electron chi connectivity index (χ2n) is 6.89. The van der Waals surface area contributed by atoms with E-state index in [4.69, 9.17) is 14.2 Å². The smallest absolute Gasteiger partial charge is 0.252 e. The molecule has 0 saturated heterocycles. The van der Waals surface area contributed by atoms with Gasteiger partial charge in [0.15, 0.2) is 11.5 Å². The first kappa shape index (κ1) is 20.5. The number of imidazole rings is 1. The van der Waals surface area contributed by atoms with Crippen molar-refractivity contribution in [2.24, 2.45) is 5.92 Å². The highest BCUT2D eigenvalue weighted by molar-refractivity contribution is 5.96. The molecule has 3 rings (SSSR count). The standard InChI is InChI=1S/C22H27N3O4/c1-6-13(2)19(21-23-15-9-7-8-10-16(15)24-21)25-22(26)14-11-17(27-3)20(29-5)18(12-14)28-4/h7-13,19H,6H2,1-5H3,(H,23,24)(H,25,26)/t13-,19-/m0/s1.